The highest BCUT2D eigenvalue weighted by Crippen LogP contribution is 2.24. The number of fused-ring (bicyclic) bond motifs is 1. The molecule has 0 aliphatic heterocycles. The van der Waals surface area contributed by atoms with Crippen LogP contribution in [0.15, 0.2) is 36.5 Å². The van der Waals surface area contributed by atoms with Gasteiger partial charge in [-0.1, -0.05) is 54.9 Å². The van der Waals surface area contributed by atoms with Crippen molar-refractivity contribution in [3.05, 3.63) is 42.1 Å². The van der Waals surface area contributed by atoms with Crippen molar-refractivity contribution < 1.29 is 4.79 Å². The maximum Gasteiger partial charge on any atom is 0.152 e. The number of para-hydroxylation sites is 1. The van der Waals surface area contributed by atoms with Crippen molar-refractivity contribution in [3.8, 4) is 0 Å². The average molecular weight is 320 g/mol. The number of carbonyl (C=O) groups is 1. The summed E-state index contributed by atoms with van der Waals surface area (Å²) in [6, 6.07) is 10.1. The third-order valence-corrected chi connectivity index (χ3v) is 3.83. The summed E-state index contributed by atoms with van der Waals surface area (Å²) < 4.78 is 0. The summed E-state index contributed by atoms with van der Waals surface area (Å²) in [7, 11) is 0. The summed E-state index contributed by atoms with van der Waals surface area (Å²) in [5, 5.41) is 1.11. The molecule has 1 aromatic heterocycles. The van der Waals surface area contributed by atoms with Crippen molar-refractivity contribution in [1.82, 2.24) is 4.98 Å². The van der Waals surface area contributed by atoms with Gasteiger partial charge in [0.15, 0.2) is 5.78 Å². The normalized spacial score (nSPS) is 13.5. The fourth-order valence-electron chi connectivity index (χ4n) is 2.00. The number of rotatable bonds is 3. The third-order valence-electron chi connectivity index (χ3n) is 3.09. The van der Waals surface area contributed by atoms with Crippen LogP contribution in [0.25, 0.3) is 10.9 Å². The molecule has 0 amide bonds. The van der Waals surface area contributed by atoms with E-state index >= 15 is 0 Å². The Bertz CT molecular complexity index is 601. The van der Waals surface area contributed by atoms with E-state index in [4.69, 9.17) is 0 Å². The van der Waals surface area contributed by atoms with E-state index in [1.54, 1.807) is 0 Å². The monoisotopic (exact) mass is 319 g/mol. The second-order valence-corrected chi connectivity index (χ2v) is 6.93. The molecule has 1 atom stereocenters. The van der Waals surface area contributed by atoms with Gasteiger partial charge in [0.1, 0.15) is 0 Å². The molecule has 0 bridgehead atoms. The highest BCUT2D eigenvalue weighted by atomic mass is 79.9. The van der Waals surface area contributed by atoms with Crippen LogP contribution in [0.2, 0.25) is 0 Å². The lowest BCUT2D eigenvalue weighted by molar-refractivity contribution is -0.125. The number of Topliss-reactive ketones (excluding diaryl/α,β-unsaturated/α-hetero) is 1. The van der Waals surface area contributed by atoms with E-state index in [2.05, 4.69) is 27.0 Å². The highest BCUT2D eigenvalue weighted by molar-refractivity contribution is 9.10. The molecule has 0 saturated heterocycles. The first kappa shape index (κ1) is 14.2. The Labute approximate surface area is 122 Å². The number of halogens is 1. The molecule has 2 nitrogen and oxygen atoms in total. The predicted molar refractivity (Wildman–Crippen MR) is 82.6 cm³/mol. The van der Waals surface area contributed by atoms with E-state index in [1.165, 1.54) is 0 Å². The quantitative estimate of drug-likeness (QED) is 0.795. The second kappa shape index (κ2) is 5.41. The number of hydrogen-bond acceptors (Lipinski definition) is 2. The van der Waals surface area contributed by atoms with Gasteiger partial charge in [0, 0.05) is 17.0 Å². The van der Waals surface area contributed by atoms with E-state index in [-0.39, 0.29) is 16.0 Å². The second-order valence-electron chi connectivity index (χ2n) is 5.82. The molecule has 0 radical (unpaired) electrons. The molecule has 0 aliphatic carbocycles. The van der Waals surface area contributed by atoms with E-state index in [9.17, 15) is 4.79 Å². The van der Waals surface area contributed by atoms with Gasteiger partial charge in [-0.3, -0.25) is 9.78 Å². The van der Waals surface area contributed by atoms with Crippen molar-refractivity contribution in [3.63, 3.8) is 0 Å². The van der Waals surface area contributed by atoms with Crippen LogP contribution in [0.1, 0.15) is 26.3 Å². The fraction of sp³-hybridized carbons (Fsp3) is 0.375. The minimum absolute atomic E-state index is 0.157. The highest BCUT2D eigenvalue weighted by Gasteiger charge is 2.27. The van der Waals surface area contributed by atoms with Gasteiger partial charge in [-0.05, 0) is 24.1 Å². The number of ketones is 1. The van der Waals surface area contributed by atoms with Crippen molar-refractivity contribution in [2.24, 2.45) is 5.41 Å². The predicted octanol–water partition coefficient (Wildman–Crippen LogP) is 4.16. The smallest absolute Gasteiger partial charge is 0.152 e. The Balaban J connectivity index is 2.19. The lowest BCUT2D eigenvalue weighted by atomic mass is 9.87. The maximum atomic E-state index is 12.2. The van der Waals surface area contributed by atoms with Gasteiger partial charge in [0.2, 0.25) is 0 Å². The number of hydrogen-bond donors (Lipinski definition) is 0. The molecule has 2 rings (SSSR count). The zero-order valence-corrected chi connectivity index (χ0v) is 13.1. The molecular weight excluding hydrogens is 302 g/mol. The Morgan fingerprint density at radius 1 is 1.32 bits per heavy atom. The first-order chi connectivity index (χ1) is 8.88. The SMILES string of the molecule is CC(C)(C)C(=O)C(Br)Cc1cnc2ccccc2c1. The molecule has 2 aromatic rings. The van der Waals surface area contributed by atoms with Crippen molar-refractivity contribution in [1.29, 1.82) is 0 Å². The fourth-order valence-corrected chi connectivity index (χ4v) is 3.06. The molecular formula is C16H18BrNO. The van der Waals surface area contributed by atoms with Gasteiger partial charge < -0.3 is 0 Å². The Morgan fingerprint density at radius 3 is 2.68 bits per heavy atom. The molecule has 19 heavy (non-hydrogen) atoms. The third kappa shape index (κ3) is 3.41. The number of benzene rings is 1. The molecule has 0 aliphatic rings. The van der Waals surface area contributed by atoms with Crippen LogP contribution in [0, 0.1) is 5.41 Å². The summed E-state index contributed by atoms with van der Waals surface area (Å²) in [6.45, 7) is 5.84. The van der Waals surface area contributed by atoms with E-state index in [1.807, 2.05) is 51.2 Å². The van der Waals surface area contributed by atoms with Crippen LogP contribution in [0.5, 0.6) is 0 Å². The van der Waals surface area contributed by atoms with Crippen LogP contribution in [0.4, 0.5) is 0 Å². The summed E-state index contributed by atoms with van der Waals surface area (Å²) in [4.78, 5) is 16.4. The van der Waals surface area contributed by atoms with Gasteiger partial charge in [0.05, 0.1) is 10.3 Å². The van der Waals surface area contributed by atoms with Crippen molar-refractivity contribution in [2.75, 3.05) is 0 Å². The van der Waals surface area contributed by atoms with Crippen LogP contribution < -0.4 is 0 Å². The summed E-state index contributed by atoms with van der Waals surface area (Å²) in [5.41, 5.74) is 1.75. The van der Waals surface area contributed by atoms with Crippen molar-refractivity contribution in [2.45, 2.75) is 32.0 Å². The van der Waals surface area contributed by atoms with E-state index in [0.29, 0.717) is 6.42 Å². The lowest BCUT2D eigenvalue weighted by Crippen LogP contribution is -2.30. The molecule has 1 unspecified atom stereocenters. The molecule has 0 saturated carbocycles. The van der Waals surface area contributed by atoms with Crippen LogP contribution in [0.3, 0.4) is 0 Å². The maximum absolute atomic E-state index is 12.2. The standard InChI is InChI=1S/C16H18BrNO/c1-16(2,3)15(19)13(17)9-11-8-12-6-4-5-7-14(12)18-10-11/h4-8,10,13H,9H2,1-3H3. The number of nitrogens with zero attached hydrogens (tertiary/aromatic N) is 1. The number of pyridine rings is 1. The molecule has 0 N–H and O–H groups in total. The van der Waals surface area contributed by atoms with Crippen LogP contribution in [-0.2, 0) is 11.2 Å². The number of aromatic nitrogens is 1. The molecule has 1 heterocycles. The molecule has 0 spiro atoms. The minimum Gasteiger partial charge on any atom is -0.298 e. The Morgan fingerprint density at radius 2 is 2.00 bits per heavy atom. The van der Waals surface area contributed by atoms with E-state index in [0.717, 1.165) is 16.5 Å². The molecule has 100 valence electrons. The first-order valence-corrected chi connectivity index (χ1v) is 7.31. The van der Waals surface area contributed by atoms with Gasteiger partial charge in [-0.2, -0.15) is 0 Å². The van der Waals surface area contributed by atoms with Gasteiger partial charge in [-0.15, -0.1) is 0 Å². The van der Waals surface area contributed by atoms with Gasteiger partial charge in [-0.25, -0.2) is 0 Å². The largest absolute Gasteiger partial charge is 0.298 e. The lowest BCUT2D eigenvalue weighted by Gasteiger charge is -2.20. The van der Waals surface area contributed by atoms with Crippen LogP contribution in [-0.4, -0.2) is 15.6 Å². The molecule has 1 aromatic carbocycles. The first-order valence-electron chi connectivity index (χ1n) is 6.40. The van der Waals surface area contributed by atoms with Crippen molar-refractivity contribution >= 4 is 32.6 Å². The average Bonchev–Trinajstić information content (AvgIpc) is 2.36. The number of carbonyl (C=O) groups excluding carboxylic acids is 1. The van der Waals surface area contributed by atoms with Gasteiger partial charge in [0.25, 0.3) is 0 Å². The molecule has 0 fully saturated rings. The minimum atomic E-state index is -0.321. The summed E-state index contributed by atoms with van der Waals surface area (Å²) in [6.07, 6.45) is 2.53. The summed E-state index contributed by atoms with van der Waals surface area (Å²) >= 11 is 3.50. The van der Waals surface area contributed by atoms with Gasteiger partial charge >= 0.3 is 0 Å². The number of alkyl halides is 1. The Kier molecular flexibility index (Phi) is 4.04. The van der Waals surface area contributed by atoms with E-state index < -0.39 is 0 Å². The zero-order chi connectivity index (χ0) is 14.0. The Hall–Kier alpha value is -1.22. The van der Waals surface area contributed by atoms with Crippen LogP contribution >= 0.6 is 15.9 Å². The topological polar surface area (TPSA) is 30.0 Å². The summed E-state index contributed by atoms with van der Waals surface area (Å²) in [5.74, 6) is 0.223. The zero-order valence-electron chi connectivity index (χ0n) is 11.5. The molecule has 3 heteroatoms.